The zero-order valence-electron chi connectivity index (χ0n) is 29.8. The van der Waals surface area contributed by atoms with Crippen LogP contribution in [0.4, 0.5) is 9.59 Å². The van der Waals surface area contributed by atoms with Crippen LogP contribution in [-0.2, 0) is 19.2 Å². The molecule has 0 spiro atoms. The molecule has 280 valence electrons. The Bertz CT molecular complexity index is 1750. The molecule has 2 atom stereocenters. The second-order valence-corrected chi connectivity index (χ2v) is 16.3. The second kappa shape index (κ2) is 18.7. The fraction of sp³-hybridized carbons (Fsp3) is 0.463. The molecule has 4 fully saturated rings. The number of carbonyl (C=O) groups excluding carboxylic acids is 6. The number of rotatable bonds is 14. The summed E-state index contributed by atoms with van der Waals surface area (Å²) >= 11 is 1.82. The van der Waals surface area contributed by atoms with Crippen molar-refractivity contribution in [2.75, 3.05) is 0 Å². The molecule has 10 nitrogen and oxygen atoms in total. The van der Waals surface area contributed by atoms with Crippen molar-refractivity contribution in [2.24, 2.45) is 11.8 Å². The van der Waals surface area contributed by atoms with Gasteiger partial charge in [-0.25, -0.2) is 0 Å². The van der Waals surface area contributed by atoms with E-state index < -0.39 is 11.1 Å². The van der Waals surface area contributed by atoms with Crippen LogP contribution in [0.1, 0.15) is 114 Å². The Hall–Kier alpha value is -4.16. The summed E-state index contributed by atoms with van der Waals surface area (Å²) in [7, 11) is 0. The van der Waals surface area contributed by atoms with Gasteiger partial charge in [-0.05, 0) is 115 Å². The molecule has 2 unspecified atom stereocenters. The highest BCUT2D eigenvalue weighted by atomic mass is 32.2. The number of hydrogen-bond acceptors (Lipinski definition) is 10. The van der Waals surface area contributed by atoms with Gasteiger partial charge in [0.1, 0.15) is 11.5 Å². The monoisotopic (exact) mass is 758 g/mol. The lowest BCUT2D eigenvalue weighted by Crippen LogP contribution is -2.41. The van der Waals surface area contributed by atoms with Crippen LogP contribution in [0.3, 0.4) is 0 Å². The molecule has 0 radical (unpaired) electrons. The van der Waals surface area contributed by atoms with Gasteiger partial charge >= 0.3 is 11.9 Å². The van der Waals surface area contributed by atoms with E-state index in [-0.39, 0.29) is 35.5 Å². The number of nitrogens with one attached hydrogen (secondary N) is 1. The van der Waals surface area contributed by atoms with E-state index in [1.54, 1.807) is 60.7 Å². The topological polar surface area (TPSA) is 136 Å². The summed E-state index contributed by atoms with van der Waals surface area (Å²) in [6.45, 7) is 0. The Balaban J connectivity index is 0.902. The van der Waals surface area contributed by atoms with Crippen LogP contribution in [-0.4, -0.2) is 45.2 Å². The van der Waals surface area contributed by atoms with Gasteiger partial charge in [-0.15, -0.1) is 0 Å². The SMILES string of the molecule is O=C(CCCCC1CCCC(N2C(=O)S/C(=C\c3ccc(OC(=O)CCCC4CCCCC4)cc3)C2=O)C1)Oc1ccc(/C=C2\SC(=O)NC2=O)cc1. The third-order valence-corrected chi connectivity index (χ3v) is 12.1. The molecule has 0 bridgehead atoms. The number of carbonyl (C=O) groups is 6. The molecule has 2 aliphatic heterocycles. The Morgan fingerprint density at radius 1 is 0.679 bits per heavy atom. The van der Waals surface area contributed by atoms with E-state index in [9.17, 15) is 28.8 Å². The molecule has 4 aliphatic rings. The Morgan fingerprint density at radius 3 is 1.89 bits per heavy atom. The number of hydrogen-bond donors (Lipinski definition) is 1. The van der Waals surface area contributed by atoms with E-state index in [0.29, 0.717) is 45.6 Å². The van der Waals surface area contributed by atoms with Crippen molar-refractivity contribution in [2.45, 2.75) is 109 Å². The summed E-state index contributed by atoms with van der Waals surface area (Å²) in [5, 5.41) is 1.58. The van der Waals surface area contributed by atoms with Crippen LogP contribution in [0.25, 0.3) is 12.2 Å². The highest BCUT2D eigenvalue weighted by Gasteiger charge is 2.41. The molecule has 6 rings (SSSR count). The van der Waals surface area contributed by atoms with Crippen molar-refractivity contribution in [3.8, 4) is 11.5 Å². The van der Waals surface area contributed by atoms with E-state index in [1.807, 2.05) is 0 Å². The van der Waals surface area contributed by atoms with Crippen LogP contribution >= 0.6 is 23.5 Å². The summed E-state index contributed by atoms with van der Waals surface area (Å²) in [5.74, 6) is 0.751. The fourth-order valence-corrected chi connectivity index (χ4v) is 9.20. The van der Waals surface area contributed by atoms with Crippen LogP contribution in [0.5, 0.6) is 11.5 Å². The first kappa shape index (κ1) is 38.6. The summed E-state index contributed by atoms with van der Waals surface area (Å²) in [6, 6.07) is 13.6. The third kappa shape index (κ3) is 11.2. The van der Waals surface area contributed by atoms with Crippen molar-refractivity contribution in [1.29, 1.82) is 0 Å². The number of unbranched alkanes of at least 4 members (excludes halogenated alkanes) is 1. The highest BCUT2D eigenvalue weighted by molar-refractivity contribution is 8.18. The fourth-order valence-electron chi connectivity index (χ4n) is 7.62. The van der Waals surface area contributed by atoms with Crippen molar-refractivity contribution in [3.05, 3.63) is 69.5 Å². The number of esters is 2. The van der Waals surface area contributed by atoms with Crippen LogP contribution in [0.2, 0.25) is 0 Å². The van der Waals surface area contributed by atoms with Gasteiger partial charge in [-0.1, -0.05) is 82.1 Å². The predicted octanol–water partition coefficient (Wildman–Crippen LogP) is 9.43. The van der Waals surface area contributed by atoms with E-state index >= 15 is 0 Å². The minimum Gasteiger partial charge on any atom is -0.427 e. The lowest BCUT2D eigenvalue weighted by atomic mass is 9.82. The number of thioether (sulfide) groups is 2. The molecule has 2 aliphatic carbocycles. The smallest absolute Gasteiger partial charge is 0.311 e. The standard InChI is InChI=1S/C41H46N2O8S2/c44-36(50-32-20-16-29(17-21-32)25-34-38(46)42-40(48)52-34)14-5-4-10-28-12-6-13-31(24-28)43-39(47)35(53-41(43)49)26-30-18-22-33(23-19-30)51-37(45)15-7-11-27-8-2-1-3-9-27/h16-23,25-28,31H,1-15,24H2,(H,42,46,48)/b34-25-,35-26-. The van der Waals surface area contributed by atoms with Gasteiger partial charge in [0.15, 0.2) is 0 Å². The molecule has 12 heteroatoms. The summed E-state index contributed by atoms with van der Waals surface area (Å²) < 4.78 is 11.0. The molecular weight excluding hydrogens is 713 g/mol. The van der Waals surface area contributed by atoms with Crippen molar-refractivity contribution >= 4 is 69.9 Å². The molecule has 2 aromatic rings. The minimum atomic E-state index is -0.423. The van der Waals surface area contributed by atoms with E-state index in [4.69, 9.17) is 9.47 Å². The molecule has 0 aromatic heterocycles. The molecule has 2 saturated carbocycles. The molecule has 2 saturated heterocycles. The van der Waals surface area contributed by atoms with E-state index in [0.717, 1.165) is 86.4 Å². The maximum Gasteiger partial charge on any atom is 0.311 e. The van der Waals surface area contributed by atoms with Crippen molar-refractivity contribution in [3.63, 3.8) is 0 Å². The second-order valence-electron chi connectivity index (χ2n) is 14.3. The lowest BCUT2D eigenvalue weighted by Gasteiger charge is -2.33. The first-order chi connectivity index (χ1) is 25.7. The lowest BCUT2D eigenvalue weighted by molar-refractivity contribution is -0.135. The van der Waals surface area contributed by atoms with Gasteiger partial charge in [-0.3, -0.25) is 39.0 Å². The normalized spacial score (nSPS) is 22.5. The number of benzene rings is 2. The third-order valence-electron chi connectivity index (χ3n) is 10.4. The Kier molecular flexibility index (Phi) is 13.6. The van der Waals surface area contributed by atoms with Crippen LogP contribution < -0.4 is 14.8 Å². The number of nitrogens with zero attached hydrogens (tertiary/aromatic N) is 1. The quantitative estimate of drug-likeness (QED) is 0.0859. The summed E-state index contributed by atoms with van der Waals surface area (Å²) in [5.41, 5.74) is 1.47. The summed E-state index contributed by atoms with van der Waals surface area (Å²) in [6.07, 6.45) is 18.4. The summed E-state index contributed by atoms with van der Waals surface area (Å²) in [4.78, 5) is 76.5. The first-order valence-corrected chi connectivity index (χ1v) is 20.5. The van der Waals surface area contributed by atoms with Gasteiger partial charge < -0.3 is 9.47 Å². The van der Waals surface area contributed by atoms with Gasteiger partial charge in [0.2, 0.25) is 0 Å². The van der Waals surface area contributed by atoms with Crippen LogP contribution in [0.15, 0.2) is 58.3 Å². The molecule has 1 N–H and O–H groups in total. The zero-order valence-corrected chi connectivity index (χ0v) is 31.5. The van der Waals surface area contributed by atoms with E-state index in [2.05, 4.69) is 5.32 Å². The van der Waals surface area contributed by atoms with Crippen molar-refractivity contribution in [1.82, 2.24) is 10.2 Å². The Morgan fingerprint density at radius 2 is 1.26 bits per heavy atom. The zero-order chi connectivity index (χ0) is 37.2. The molecular formula is C41H46N2O8S2. The average molecular weight is 759 g/mol. The van der Waals surface area contributed by atoms with Gasteiger partial charge in [0, 0.05) is 18.9 Å². The Labute approximate surface area is 318 Å². The average Bonchev–Trinajstić information content (AvgIpc) is 3.62. The minimum absolute atomic E-state index is 0.141. The van der Waals surface area contributed by atoms with Gasteiger partial charge in [0.05, 0.1) is 9.81 Å². The van der Waals surface area contributed by atoms with Gasteiger partial charge in [-0.2, -0.15) is 0 Å². The molecule has 4 amide bonds. The largest absolute Gasteiger partial charge is 0.427 e. The highest BCUT2D eigenvalue weighted by Crippen LogP contribution is 2.39. The van der Waals surface area contributed by atoms with E-state index in [1.165, 1.54) is 37.0 Å². The number of amides is 4. The molecule has 2 heterocycles. The van der Waals surface area contributed by atoms with Crippen molar-refractivity contribution < 1.29 is 38.2 Å². The maximum absolute atomic E-state index is 13.4. The maximum atomic E-state index is 13.4. The van der Waals surface area contributed by atoms with Crippen LogP contribution in [0, 0.1) is 11.8 Å². The van der Waals surface area contributed by atoms with Gasteiger partial charge in [0.25, 0.3) is 22.3 Å². The molecule has 2 aromatic carbocycles. The number of ether oxygens (including phenoxy) is 2. The molecule has 53 heavy (non-hydrogen) atoms. The predicted molar refractivity (Wildman–Crippen MR) is 206 cm³/mol. The first-order valence-electron chi connectivity index (χ1n) is 18.8. The number of imide groups is 2.